The van der Waals surface area contributed by atoms with Gasteiger partial charge in [-0.25, -0.2) is 4.79 Å². The zero-order chi connectivity index (χ0) is 19.6. The van der Waals surface area contributed by atoms with E-state index in [1.807, 2.05) is 19.9 Å². The SMILES string of the molecule is CC(C)NC[C@H](COc1ccc(CC(N)=O)cc1)OC(=O)c1ccccc1. The van der Waals surface area contributed by atoms with Crippen LogP contribution in [0.4, 0.5) is 0 Å². The number of nitrogens with one attached hydrogen (secondary N) is 1. The van der Waals surface area contributed by atoms with Crippen molar-refractivity contribution in [1.82, 2.24) is 5.32 Å². The molecule has 2 aromatic rings. The van der Waals surface area contributed by atoms with Crippen LogP contribution < -0.4 is 15.8 Å². The van der Waals surface area contributed by atoms with E-state index in [9.17, 15) is 9.59 Å². The Morgan fingerprint density at radius 1 is 1.04 bits per heavy atom. The molecule has 6 heteroatoms. The van der Waals surface area contributed by atoms with Gasteiger partial charge in [0, 0.05) is 12.6 Å². The Kier molecular flexibility index (Phi) is 7.82. The Morgan fingerprint density at radius 2 is 1.70 bits per heavy atom. The maximum absolute atomic E-state index is 12.3. The standard InChI is InChI=1S/C21H26N2O4/c1-15(2)23-13-19(27-21(25)17-6-4-3-5-7-17)14-26-18-10-8-16(9-11-18)12-20(22)24/h3-11,15,19,23H,12-14H2,1-2H3,(H2,22,24)/t19-/m1/s1. The minimum absolute atomic E-state index is 0.190. The van der Waals surface area contributed by atoms with Crippen molar-refractivity contribution in [3.8, 4) is 5.75 Å². The van der Waals surface area contributed by atoms with Gasteiger partial charge in [-0.2, -0.15) is 0 Å². The van der Waals surface area contributed by atoms with Gasteiger partial charge in [-0.1, -0.05) is 44.2 Å². The lowest BCUT2D eigenvalue weighted by Crippen LogP contribution is -2.38. The maximum Gasteiger partial charge on any atom is 0.338 e. The van der Waals surface area contributed by atoms with Gasteiger partial charge < -0.3 is 20.5 Å². The van der Waals surface area contributed by atoms with Crippen LogP contribution in [0.25, 0.3) is 0 Å². The first-order valence-electron chi connectivity index (χ1n) is 8.93. The van der Waals surface area contributed by atoms with Crippen molar-refractivity contribution in [2.24, 2.45) is 5.73 Å². The molecule has 0 aliphatic heterocycles. The normalized spacial score (nSPS) is 11.8. The predicted molar refractivity (Wildman–Crippen MR) is 104 cm³/mol. The number of ether oxygens (including phenoxy) is 2. The first-order chi connectivity index (χ1) is 12.9. The van der Waals surface area contributed by atoms with Gasteiger partial charge in [0.1, 0.15) is 18.5 Å². The van der Waals surface area contributed by atoms with E-state index in [1.54, 1.807) is 48.5 Å². The van der Waals surface area contributed by atoms with E-state index in [0.717, 1.165) is 5.56 Å². The largest absolute Gasteiger partial charge is 0.490 e. The second-order valence-electron chi connectivity index (χ2n) is 6.55. The van der Waals surface area contributed by atoms with Crippen LogP contribution in [0.15, 0.2) is 54.6 Å². The van der Waals surface area contributed by atoms with Gasteiger partial charge in [-0.15, -0.1) is 0 Å². The molecule has 0 bridgehead atoms. The number of benzene rings is 2. The molecule has 2 rings (SSSR count). The van der Waals surface area contributed by atoms with Crippen LogP contribution in [-0.4, -0.2) is 37.2 Å². The molecule has 0 aliphatic carbocycles. The van der Waals surface area contributed by atoms with E-state index < -0.39 is 6.10 Å². The second kappa shape index (κ2) is 10.3. The summed E-state index contributed by atoms with van der Waals surface area (Å²) in [5.74, 6) is -0.128. The fourth-order valence-electron chi connectivity index (χ4n) is 2.39. The first-order valence-corrected chi connectivity index (χ1v) is 8.93. The van der Waals surface area contributed by atoms with E-state index in [4.69, 9.17) is 15.2 Å². The molecule has 0 spiro atoms. The minimum Gasteiger partial charge on any atom is -0.490 e. The van der Waals surface area contributed by atoms with Gasteiger partial charge in [0.2, 0.25) is 5.91 Å². The number of hydrogen-bond donors (Lipinski definition) is 2. The van der Waals surface area contributed by atoms with Crippen molar-refractivity contribution in [1.29, 1.82) is 0 Å². The van der Waals surface area contributed by atoms with Gasteiger partial charge in [-0.3, -0.25) is 4.79 Å². The molecule has 144 valence electrons. The van der Waals surface area contributed by atoms with E-state index >= 15 is 0 Å². The number of esters is 1. The summed E-state index contributed by atoms with van der Waals surface area (Å²) in [7, 11) is 0. The molecule has 0 aliphatic rings. The number of rotatable bonds is 10. The zero-order valence-corrected chi connectivity index (χ0v) is 15.7. The Hall–Kier alpha value is -2.86. The third-order valence-electron chi connectivity index (χ3n) is 3.77. The molecule has 27 heavy (non-hydrogen) atoms. The maximum atomic E-state index is 12.3. The highest BCUT2D eigenvalue weighted by Gasteiger charge is 2.17. The molecule has 2 aromatic carbocycles. The summed E-state index contributed by atoms with van der Waals surface area (Å²) < 4.78 is 11.4. The zero-order valence-electron chi connectivity index (χ0n) is 15.7. The topological polar surface area (TPSA) is 90.7 Å². The van der Waals surface area contributed by atoms with Crippen molar-refractivity contribution in [3.05, 3.63) is 65.7 Å². The van der Waals surface area contributed by atoms with E-state index in [2.05, 4.69) is 5.32 Å². The molecule has 0 radical (unpaired) electrons. The van der Waals surface area contributed by atoms with Crippen LogP contribution in [0.5, 0.6) is 5.75 Å². The van der Waals surface area contributed by atoms with Gasteiger partial charge in [0.25, 0.3) is 0 Å². The quantitative estimate of drug-likeness (QED) is 0.627. The Balaban J connectivity index is 1.95. The van der Waals surface area contributed by atoms with Gasteiger partial charge in [-0.05, 0) is 29.8 Å². The lowest BCUT2D eigenvalue weighted by Gasteiger charge is -2.20. The Morgan fingerprint density at radius 3 is 2.30 bits per heavy atom. The summed E-state index contributed by atoms with van der Waals surface area (Å²) in [4.78, 5) is 23.3. The summed E-state index contributed by atoms with van der Waals surface area (Å²) >= 11 is 0. The van der Waals surface area contributed by atoms with E-state index in [-0.39, 0.29) is 30.9 Å². The fraction of sp³-hybridized carbons (Fsp3) is 0.333. The van der Waals surface area contributed by atoms with Crippen LogP contribution in [0.3, 0.4) is 0 Å². The molecule has 0 aromatic heterocycles. The minimum atomic E-state index is -0.439. The predicted octanol–water partition coefficient (Wildman–Crippen LogP) is 2.32. The number of carbonyl (C=O) groups excluding carboxylic acids is 2. The first kappa shape index (κ1) is 20.5. The van der Waals surface area contributed by atoms with Crippen molar-refractivity contribution in [2.75, 3.05) is 13.2 Å². The van der Waals surface area contributed by atoms with E-state index in [1.165, 1.54) is 0 Å². The van der Waals surface area contributed by atoms with Crippen molar-refractivity contribution in [3.63, 3.8) is 0 Å². The summed E-state index contributed by atoms with van der Waals surface area (Å²) in [5.41, 5.74) is 6.51. The van der Waals surface area contributed by atoms with Crippen LogP contribution >= 0.6 is 0 Å². The molecule has 0 fully saturated rings. The van der Waals surface area contributed by atoms with Gasteiger partial charge in [0.15, 0.2) is 0 Å². The smallest absolute Gasteiger partial charge is 0.338 e. The summed E-state index contributed by atoms with van der Waals surface area (Å²) in [6.07, 6.45) is -0.249. The van der Waals surface area contributed by atoms with Crippen LogP contribution in [0.1, 0.15) is 29.8 Å². The molecule has 1 atom stereocenters. The lowest BCUT2D eigenvalue weighted by molar-refractivity contribution is -0.117. The number of nitrogens with two attached hydrogens (primary N) is 1. The molecule has 3 N–H and O–H groups in total. The highest BCUT2D eigenvalue weighted by atomic mass is 16.6. The van der Waals surface area contributed by atoms with Gasteiger partial charge >= 0.3 is 5.97 Å². The molecular formula is C21H26N2O4. The van der Waals surface area contributed by atoms with Crippen molar-refractivity contribution >= 4 is 11.9 Å². The Labute approximate surface area is 159 Å². The second-order valence-corrected chi connectivity index (χ2v) is 6.55. The van der Waals surface area contributed by atoms with Gasteiger partial charge in [0.05, 0.1) is 12.0 Å². The lowest BCUT2D eigenvalue weighted by atomic mass is 10.1. The molecular weight excluding hydrogens is 344 g/mol. The number of carbonyl (C=O) groups is 2. The highest BCUT2D eigenvalue weighted by Crippen LogP contribution is 2.14. The summed E-state index contributed by atoms with van der Waals surface area (Å²) in [6.45, 7) is 4.74. The molecule has 0 saturated heterocycles. The number of amides is 1. The van der Waals surface area contributed by atoms with Crippen LogP contribution in [0.2, 0.25) is 0 Å². The van der Waals surface area contributed by atoms with E-state index in [0.29, 0.717) is 17.9 Å². The number of hydrogen-bond acceptors (Lipinski definition) is 5. The number of primary amides is 1. The van der Waals surface area contributed by atoms with Crippen LogP contribution in [0, 0.1) is 0 Å². The summed E-state index contributed by atoms with van der Waals surface area (Å²) in [5, 5.41) is 3.26. The molecule has 0 unspecified atom stereocenters. The van der Waals surface area contributed by atoms with Crippen LogP contribution in [-0.2, 0) is 16.0 Å². The summed E-state index contributed by atoms with van der Waals surface area (Å²) in [6, 6.07) is 16.2. The third-order valence-corrected chi connectivity index (χ3v) is 3.77. The molecule has 1 amide bonds. The Bertz CT molecular complexity index is 730. The molecule has 0 heterocycles. The monoisotopic (exact) mass is 370 g/mol. The highest BCUT2D eigenvalue weighted by molar-refractivity contribution is 5.89. The van der Waals surface area contributed by atoms with Crippen molar-refractivity contribution in [2.45, 2.75) is 32.4 Å². The average Bonchev–Trinajstić information content (AvgIpc) is 2.65. The van der Waals surface area contributed by atoms with Crippen molar-refractivity contribution < 1.29 is 19.1 Å². The average molecular weight is 370 g/mol. The molecule has 6 nitrogen and oxygen atoms in total. The molecule has 0 saturated carbocycles. The third kappa shape index (κ3) is 7.50. The fourth-order valence-corrected chi connectivity index (χ4v) is 2.39.